The fourth-order valence-corrected chi connectivity index (χ4v) is 2.82. The molecular weight excluding hydrogens is 292 g/mol. The summed E-state index contributed by atoms with van der Waals surface area (Å²) >= 11 is 0. The van der Waals surface area contributed by atoms with Gasteiger partial charge in [-0.25, -0.2) is 0 Å². The Hall–Kier alpha value is -2.69. The molecule has 2 aromatic carbocycles. The van der Waals surface area contributed by atoms with E-state index in [0.29, 0.717) is 11.3 Å². The molecule has 0 aliphatic carbocycles. The number of nitrogens with one attached hydrogen (secondary N) is 2. The van der Waals surface area contributed by atoms with E-state index in [1.165, 1.54) is 11.6 Å². The Labute approximate surface area is 135 Å². The van der Waals surface area contributed by atoms with Gasteiger partial charge in [0.1, 0.15) is 11.5 Å². The Morgan fingerprint density at radius 1 is 1.17 bits per heavy atom. The lowest BCUT2D eigenvalue weighted by atomic mass is 9.98. The summed E-state index contributed by atoms with van der Waals surface area (Å²) < 4.78 is 0. The molecule has 23 heavy (non-hydrogen) atoms. The quantitative estimate of drug-likeness (QED) is 0.700. The molecule has 3 rings (SSSR count). The SMILES string of the molecule is CC(C)c1cc(C(=O)Nc2ccc3c(c2)CCN3)c(O)cc1O. The number of rotatable bonds is 3. The number of phenols is 2. The van der Waals surface area contributed by atoms with Crippen LogP contribution in [0.1, 0.15) is 41.3 Å². The second-order valence-corrected chi connectivity index (χ2v) is 6.09. The molecule has 1 aliphatic rings. The van der Waals surface area contributed by atoms with Crippen molar-refractivity contribution < 1.29 is 15.0 Å². The molecule has 5 heteroatoms. The van der Waals surface area contributed by atoms with E-state index >= 15 is 0 Å². The molecule has 4 N–H and O–H groups in total. The Kier molecular flexibility index (Phi) is 3.86. The van der Waals surface area contributed by atoms with Crippen molar-refractivity contribution in [1.82, 2.24) is 0 Å². The average molecular weight is 312 g/mol. The molecule has 5 nitrogen and oxygen atoms in total. The standard InChI is InChI=1S/C18H20N2O3/c1-10(2)13-8-14(17(22)9-16(13)21)18(23)20-12-3-4-15-11(7-12)5-6-19-15/h3-4,7-10,19,21-22H,5-6H2,1-2H3,(H,20,23). The van der Waals surface area contributed by atoms with Gasteiger partial charge in [-0.15, -0.1) is 0 Å². The molecule has 2 aromatic rings. The van der Waals surface area contributed by atoms with Crippen LogP contribution in [0, 0.1) is 0 Å². The van der Waals surface area contributed by atoms with Crippen molar-refractivity contribution in [2.24, 2.45) is 0 Å². The van der Waals surface area contributed by atoms with Gasteiger partial charge in [0.05, 0.1) is 5.56 Å². The lowest BCUT2D eigenvalue weighted by Crippen LogP contribution is -2.13. The van der Waals surface area contributed by atoms with Gasteiger partial charge in [-0.2, -0.15) is 0 Å². The van der Waals surface area contributed by atoms with Crippen LogP contribution in [-0.4, -0.2) is 22.7 Å². The predicted molar refractivity (Wildman–Crippen MR) is 90.4 cm³/mol. The summed E-state index contributed by atoms with van der Waals surface area (Å²) in [6, 6.07) is 8.47. The zero-order valence-corrected chi connectivity index (χ0v) is 13.2. The van der Waals surface area contributed by atoms with Gasteiger partial charge in [-0.05, 0) is 47.7 Å². The van der Waals surface area contributed by atoms with E-state index < -0.39 is 5.91 Å². The Balaban J connectivity index is 1.87. The molecule has 0 radical (unpaired) electrons. The minimum absolute atomic E-state index is 0.00217. The maximum Gasteiger partial charge on any atom is 0.259 e. The molecule has 0 saturated carbocycles. The smallest absolute Gasteiger partial charge is 0.259 e. The third kappa shape index (κ3) is 2.95. The molecule has 1 amide bonds. The van der Waals surface area contributed by atoms with Crippen LogP contribution in [0.3, 0.4) is 0 Å². The van der Waals surface area contributed by atoms with Gasteiger partial charge in [0.25, 0.3) is 5.91 Å². The normalized spacial score (nSPS) is 12.8. The van der Waals surface area contributed by atoms with E-state index in [4.69, 9.17) is 0 Å². The number of benzene rings is 2. The molecular formula is C18H20N2O3. The van der Waals surface area contributed by atoms with E-state index in [1.807, 2.05) is 32.0 Å². The van der Waals surface area contributed by atoms with Gasteiger partial charge >= 0.3 is 0 Å². The topological polar surface area (TPSA) is 81.6 Å². The maximum absolute atomic E-state index is 12.5. The number of phenolic OH excluding ortho intramolecular Hbond substituents is 2. The van der Waals surface area contributed by atoms with E-state index in [2.05, 4.69) is 10.6 Å². The number of carbonyl (C=O) groups is 1. The molecule has 1 heterocycles. The summed E-state index contributed by atoms with van der Waals surface area (Å²) in [6.07, 6.45) is 0.932. The highest BCUT2D eigenvalue weighted by Crippen LogP contribution is 2.33. The van der Waals surface area contributed by atoms with E-state index in [0.717, 1.165) is 18.7 Å². The highest BCUT2D eigenvalue weighted by Gasteiger charge is 2.18. The van der Waals surface area contributed by atoms with Crippen molar-refractivity contribution in [3.8, 4) is 11.5 Å². The predicted octanol–water partition coefficient (Wildman–Crippen LogP) is 3.44. The zero-order valence-electron chi connectivity index (χ0n) is 13.2. The first kappa shape index (κ1) is 15.2. The molecule has 1 aliphatic heterocycles. The third-order valence-electron chi connectivity index (χ3n) is 4.08. The van der Waals surface area contributed by atoms with Crippen LogP contribution in [0.2, 0.25) is 0 Å². The summed E-state index contributed by atoms with van der Waals surface area (Å²) in [5.74, 6) is -0.576. The largest absolute Gasteiger partial charge is 0.508 e. The van der Waals surface area contributed by atoms with Crippen LogP contribution in [0.5, 0.6) is 11.5 Å². The summed E-state index contributed by atoms with van der Waals surface area (Å²) in [5.41, 5.74) is 3.74. The second kappa shape index (κ2) is 5.83. The summed E-state index contributed by atoms with van der Waals surface area (Å²) in [5, 5.41) is 25.9. The maximum atomic E-state index is 12.5. The lowest BCUT2D eigenvalue weighted by Gasteiger charge is -2.13. The molecule has 0 fully saturated rings. The Bertz CT molecular complexity index is 769. The van der Waals surface area contributed by atoms with Gasteiger partial charge in [0, 0.05) is 24.0 Å². The summed E-state index contributed by atoms with van der Waals surface area (Å²) in [4.78, 5) is 12.5. The first-order valence-corrected chi connectivity index (χ1v) is 7.69. The van der Waals surface area contributed by atoms with Crippen LogP contribution >= 0.6 is 0 Å². The van der Waals surface area contributed by atoms with Crippen molar-refractivity contribution in [1.29, 1.82) is 0 Å². The van der Waals surface area contributed by atoms with Crippen molar-refractivity contribution in [2.45, 2.75) is 26.2 Å². The van der Waals surface area contributed by atoms with E-state index in [-0.39, 0.29) is 23.0 Å². The second-order valence-electron chi connectivity index (χ2n) is 6.09. The Morgan fingerprint density at radius 2 is 1.96 bits per heavy atom. The summed E-state index contributed by atoms with van der Waals surface area (Å²) in [7, 11) is 0. The molecule has 0 spiro atoms. The van der Waals surface area contributed by atoms with Crippen molar-refractivity contribution in [3.63, 3.8) is 0 Å². The van der Waals surface area contributed by atoms with Gasteiger partial charge < -0.3 is 20.8 Å². The Morgan fingerprint density at radius 3 is 2.70 bits per heavy atom. The van der Waals surface area contributed by atoms with Crippen molar-refractivity contribution in [2.75, 3.05) is 17.2 Å². The minimum Gasteiger partial charge on any atom is -0.508 e. The van der Waals surface area contributed by atoms with Crippen molar-refractivity contribution in [3.05, 3.63) is 47.0 Å². The van der Waals surface area contributed by atoms with Gasteiger partial charge in [-0.3, -0.25) is 4.79 Å². The molecule has 0 saturated heterocycles. The number of fused-ring (bicyclic) bond motifs is 1. The van der Waals surface area contributed by atoms with Crippen LogP contribution in [-0.2, 0) is 6.42 Å². The zero-order chi connectivity index (χ0) is 16.6. The van der Waals surface area contributed by atoms with E-state index in [1.54, 1.807) is 6.07 Å². The number of carbonyl (C=O) groups excluding carboxylic acids is 1. The fraction of sp³-hybridized carbons (Fsp3) is 0.278. The highest BCUT2D eigenvalue weighted by molar-refractivity contribution is 6.06. The van der Waals surface area contributed by atoms with Crippen LogP contribution < -0.4 is 10.6 Å². The average Bonchev–Trinajstić information content (AvgIpc) is 2.94. The van der Waals surface area contributed by atoms with E-state index in [9.17, 15) is 15.0 Å². The fourth-order valence-electron chi connectivity index (χ4n) is 2.82. The molecule has 0 aromatic heterocycles. The number of hydrogen-bond donors (Lipinski definition) is 4. The highest BCUT2D eigenvalue weighted by atomic mass is 16.3. The van der Waals surface area contributed by atoms with Crippen LogP contribution in [0.25, 0.3) is 0 Å². The van der Waals surface area contributed by atoms with Crippen molar-refractivity contribution >= 4 is 17.3 Å². The summed E-state index contributed by atoms with van der Waals surface area (Å²) in [6.45, 7) is 4.74. The number of amides is 1. The minimum atomic E-state index is -0.393. The molecule has 0 bridgehead atoms. The molecule has 120 valence electrons. The van der Waals surface area contributed by atoms with Gasteiger partial charge in [-0.1, -0.05) is 13.8 Å². The lowest BCUT2D eigenvalue weighted by molar-refractivity contribution is 0.102. The monoisotopic (exact) mass is 312 g/mol. The van der Waals surface area contributed by atoms with Crippen LogP contribution in [0.4, 0.5) is 11.4 Å². The molecule has 0 atom stereocenters. The first-order chi connectivity index (χ1) is 11.0. The number of aromatic hydroxyl groups is 2. The number of anilines is 2. The molecule has 0 unspecified atom stereocenters. The van der Waals surface area contributed by atoms with Gasteiger partial charge in [0.15, 0.2) is 0 Å². The van der Waals surface area contributed by atoms with Gasteiger partial charge in [0.2, 0.25) is 0 Å². The first-order valence-electron chi connectivity index (χ1n) is 7.69. The third-order valence-corrected chi connectivity index (χ3v) is 4.08. The number of hydrogen-bond acceptors (Lipinski definition) is 4. The van der Waals surface area contributed by atoms with Crippen LogP contribution in [0.15, 0.2) is 30.3 Å².